The zero-order valence-electron chi connectivity index (χ0n) is 10.2. The highest BCUT2D eigenvalue weighted by molar-refractivity contribution is 9.10. The second-order valence-electron chi connectivity index (χ2n) is 4.60. The van der Waals surface area contributed by atoms with Crippen molar-refractivity contribution in [3.8, 4) is 0 Å². The van der Waals surface area contributed by atoms with Gasteiger partial charge in [-0.1, -0.05) is 22.0 Å². The summed E-state index contributed by atoms with van der Waals surface area (Å²) >= 11 is 3.39. The predicted molar refractivity (Wildman–Crippen MR) is 74.3 cm³/mol. The van der Waals surface area contributed by atoms with Gasteiger partial charge in [0.25, 0.3) is 0 Å². The average Bonchev–Trinajstić information content (AvgIpc) is 2.72. The van der Waals surface area contributed by atoms with E-state index in [-0.39, 0.29) is 18.1 Å². The Kier molecular flexibility index (Phi) is 4.24. The van der Waals surface area contributed by atoms with Crippen LogP contribution in [0.3, 0.4) is 0 Å². The molecule has 1 saturated heterocycles. The maximum Gasteiger partial charge on any atom is 0.242 e. The van der Waals surface area contributed by atoms with E-state index in [1.54, 1.807) is 0 Å². The van der Waals surface area contributed by atoms with Crippen LogP contribution in [0.15, 0.2) is 28.7 Å². The van der Waals surface area contributed by atoms with Gasteiger partial charge in [0.05, 0.1) is 12.2 Å². The van der Waals surface area contributed by atoms with Crippen molar-refractivity contribution in [3.63, 3.8) is 0 Å². The van der Waals surface area contributed by atoms with Crippen molar-refractivity contribution in [3.05, 3.63) is 28.7 Å². The predicted octanol–water partition coefficient (Wildman–Crippen LogP) is 2.28. The molecule has 1 aromatic carbocycles. The highest BCUT2D eigenvalue weighted by atomic mass is 79.9. The zero-order chi connectivity index (χ0) is 13.1. The molecule has 0 aromatic heterocycles. The highest BCUT2D eigenvalue weighted by Gasteiger charge is 2.33. The minimum Gasteiger partial charge on any atom is -0.373 e. The third kappa shape index (κ3) is 3.23. The summed E-state index contributed by atoms with van der Waals surface area (Å²) in [4.78, 5) is 11.6. The van der Waals surface area contributed by atoms with Gasteiger partial charge in [-0.15, -0.1) is 0 Å². The molecular weight excluding hydrogens is 296 g/mol. The molecule has 1 aliphatic rings. The van der Waals surface area contributed by atoms with E-state index in [0.717, 1.165) is 23.0 Å². The van der Waals surface area contributed by atoms with Gasteiger partial charge < -0.3 is 15.8 Å². The molecule has 1 aliphatic heterocycles. The van der Waals surface area contributed by atoms with Gasteiger partial charge >= 0.3 is 0 Å². The number of amides is 1. The number of ether oxygens (including phenoxy) is 1. The molecule has 0 radical (unpaired) electrons. The quantitative estimate of drug-likeness (QED) is 0.896. The summed E-state index contributed by atoms with van der Waals surface area (Å²) in [6.07, 6.45) is 1.88. The first-order chi connectivity index (χ1) is 8.56. The molecule has 4 nitrogen and oxygen atoms in total. The van der Waals surface area contributed by atoms with Crippen molar-refractivity contribution in [2.75, 3.05) is 5.32 Å². The first-order valence-electron chi connectivity index (χ1n) is 6.03. The number of benzene rings is 1. The van der Waals surface area contributed by atoms with Gasteiger partial charge in [-0.3, -0.25) is 4.79 Å². The number of primary amides is 1. The van der Waals surface area contributed by atoms with E-state index >= 15 is 0 Å². The number of carbonyl (C=O) groups is 1. The smallest absolute Gasteiger partial charge is 0.242 e. The largest absolute Gasteiger partial charge is 0.373 e. The molecule has 1 amide bonds. The van der Waals surface area contributed by atoms with Crippen molar-refractivity contribution in [2.45, 2.75) is 38.0 Å². The summed E-state index contributed by atoms with van der Waals surface area (Å²) in [5.74, 6) is -0.380. The van der Waals surface area contributed by atoms with Crippen LogP contribution in [0.5, 0.6) is 0 Å². The van der Waals surface area contributed by atoms with Crippen LogP contribution in [-0.4, -0.2) is 24.2 Å². The molecular formula is C13H17BrN2O2. The lowest BCUT2D eigenvalue weighted by atomic mass is 10.1. The maximum atomic E-state index is 11.6. The minimum atomic E-state index is -0.482. The summed E-state index contributed by atoms with van der Waals surface area (Å²) in [6, 6.07) is 7.17. The van der Waals surface area contributed by atoms with Crippen LogP contribution in [-0.2, 0) is 9.53 Å². The zero-order valence-corrected chi connectivity index (χ0v) is 11.8. The van der Waals surface area contributed by atoms with Gasteiger partial charge in [0, 0.05) is 10.2 Å². The Bertz CT molecular complexity index is 439. The van der Waals surface area contributed by atoms with E-state index < -0.39 is 6.04 Å². The number of hydrogen-bond acceptors (Lipinski definition) is 3. The number of halogens is 1. The lowest BCUT2D eigenvalue weighted by Crippen LogP contribution is -2.44. The fourth-order valence-corrected chi connectivity index (χ4v) is 2.58. The molecule has 1 heterocycles. The van der Waals surface area contributed by atoms with Crippen molar-refractivity contribution < 1.29 is 9.53 Å². The molecule has 2 rings (SSSR count). The van der Waals surface area contributed by atoms with Gasteiger partial charge in [0.2, 0.25) is 5.91 Å². The van der Waals surface area contributed by atoms with Crippen LogP contribution in [0.1, 0.15) is 19.8 Å². The molecule has 0 saturated carbocycles. The molecule has 5 heteroatoms. The van der Waals surface area contributed by atoms with Gasteiger partial charge in [-0.2, -0.15) is 0 Å². The molecule has 3 atom stereocenters. The third-order valence-electron chi connectivity index (χ3n) is 3.09. The Hall–Kier alpha value is -1.07. The lowest BCUT2D eigenvalue weighted by Gasteiger charge is -2.23. The summed E-state index contributed by atoms with van der Waals surface area (Å²) in [6.45, 7) is 2.01. The first kappa shape index (κ1) is 13.4. The van der Waals surface area contributed by atoms with Crippen molar-refractivity contribution in [1.82, 2.24) is 0 Å². The molecule has 0 spiro atoms. The van der Waals surface area contributed by atoms with Crippen LogP contribution in [0, 0.1) is 0 Å². The summed E-state index contributed by atoms with van der Waals surface area (Å²) in [5, 5.41) is 3.15. The lowest BCUT2D eigenvalue weighted by molar-refractivity contribution is -0.121. The summed E-state index contributed by atoms with van der Waals surface area (Å²) in [5.41, 5.74) is 6.31. The van der Waals surface area contributed by atoms with Crippen LogP contribution < -0.4 is 11.1 Å². The van der Waals surface area contributed by atoms with Crippen LogP contribution >= 0.6 is 15.9 Å². The van der Waals surface area contributed by atoms with E-state index in [2.05, 4.69) is 21.2 Å². The fourth-order valence-electron chi connectivity index (χ4n) is 2.18. The highest BCUT2D eigenvalue weighted by Crippen LogP contribution is 2.24. The number of nitrogens with two attached hydrogens (primary N) is 1. The molecule has 3 unspecified atom stereocenters. The third-order valence-corrected chi connectivity index (χ3v) is 3.58. The maximum absolute atomic E-state index is 11.6. The van der Waals surface area contributed by atoms with Crippen LogP contribution in [0.2, 0.25) is 0 Å². The average molecular weight is 313 g/mol. The number of hydrogen-bond donors (Lipinski definition) is 2. The molecule has 3 N–H and O–H groups in total. The Balaban J connectivity index is 2.09. The number of carbonyl (C=O) groups excluding carboxylic acids is 1. The first-order valence-corrected chi connectivity index (χ1v) is 6.82. The Morgan fingerprint density at radius 1 is 1.56 bits per heavy atom. The van der Waals surface area contributed by atoms with Crippen molar-refractivity contribution >= 4 is 27.5 Å². The van der Waals surface area contributed by atoms with Crippen molar-refractivity contribution in [1.29, 1.82) is 0 Å². The number of nitrogens with one attached hydrogen (secondary N) is 1. The van der Waals surface area contributed by atoms with E-state index in [1.807, 2.05) is 31.2 Å². The molecule has 1 aromatic rings. The van der Waals surface area contributed by atoms with Crippen molar-refractivity contribution in [2.24, 2.45) is 5.73 Å². The van der Waals surface area contributed by atoms with Gasteiger partial charge in [0.1, 0.15) is 6.04 Å². The topological polar surface area (TPSA) is 64.3 Å². The van der Waals surface area contributed by atoms with Crippen LogP contribution in [0.4, 0.5) is 5.69 Å². The molecule has 98 valence electrons. The molecule has 18 heavy (non-hydrogen) atoms. The second kappa shape index (κ2) is 5.71. The SMILES string of the molecule is CC1CCC(C(Nc2cccc(Br)c2)C(N)=O)O1. The normalized spacial score (nSPS) is 24.8. The van der Waals surface area contributed by atoms with Crippen LogP contribution in [0.25, 0.3) is 0 Å². The number of rotatable bonds is 4. The standard InChI is InChI=1S/C13H17BrN2O2/c1-8-5-6-11(18-8)12(13(15)17)16-10-4-2-3-9(14)7-10/h2-4,7-8,11-12,16H,5-6H2,1H3,(H2,15,17). The fraction of sp³-hybridized carbons (Fsp3) is 0.462. The number of anilines is 1. The Labute approximate surface area is 115 Å². The van der Waals surface area contributed by atoms with Gasteiger partial charge in [0.15, 0.2) is 0 Å². The minimum absolute atomic E-state index is 0.142. The Morgan fingerprint density at radius 3 is 2.89 bits per heavy atom. The molecule has 0 bridgehead atoms. The Morgan fingerprint density at radius 2 is 2.33 bits per heavy atom. The van der Waals surface area contributed by atoms with E-state index in [4.69, 9.17) is 10.5 Å². The van der Waals surface area contributed by atoms with Gasteiger partial charge in [-0.25, -0.2) is 0 Å². The molecule has 1 fully saturated rings. The molecule has 0 aliphatic carbocycles. The monoisotopic (exact) mass is 312 g/mol. The summed E-state index contributed by atoms with van der Waals surface area (Å²) < 4.78 is 6.67. The van der Waals surface area contributed by atoms with Gasteiger partial charge in [-0.05, 0) is 38.0 Å². The second-order valence-corrected chi connectivity index (χ2v) is 5.51. The van der Waals surface area contributed by atoms with E-state index in [9.17, 15) is 4.79 Å². The van der Waals surface area contributed by atoms with E-state index in [1.165, 1.54) is 0 Å². The van der Waals surface area contributed by atoms with E-state index in [0.29, 0.717) is 0 Å². The summed E-state index contributed by atoms with van der Waals surface area (Å²) in [7, 11) is 0.